The second-order valence-corrected chi connectivity index (χ2v) is 5.87. The lowest BCUT2D eigenvalue weighted by Gasteiger charge is -2.19. The summed E-state index contributed by atoms with van der Waals surface area (Å²) in [5, 5.41) is 15.8. The number of carboxylic acid groups (broad SMARTS) is 1. The number of aryl methyl sites for hydroxylation is 1. The van der Waals surface area contributed by atoms with Crippen LogP contribution in [0.25, 0.3) is 0 Å². The average molecular weight is 331 g/mol. The van der Waals surface area contributed by atoms with Gasteiger partial charge in [0.15, 0.2) is 12.1 Å². The SMILES string of the molecule is CCc1ccc(OCC(=O)Nc2cnn(C(C)(C)C(=O)O)c2)cc1. The van der Waals surface area contributed by atoms with Gasteiger partial charge in [-0.15, -0.1) is 0 Å². The van der Waals surface area contributed by atoms with Crippen molar-refractivity contribution in [2.75, 3.05) is 11.9 Å². The topological polar surface area (TPSA) is 93.5 Å². The molecule has 2 rings (SSSR count). The van der Waals surface area contributed by atoms with Crippen LogP contribution in [-0.2, 0) is 21.5 Å². The molecule has 7 heteroatoms. The molecule has 0 radical (unpaired) electrons. The minimum atomic E-state index is -1.19. The van der Waals surface area contributed by atoms with Crippen molar-refractivity contribution in [2.24, 2.45) is 0 Å². The van der Waals surface area contributed by atoms with Gasteiger partial charge in [0.2, 0.25) is 0 Å². The summed E-state index contributed by atoms with van der Waals surface area (Å²) in [6.07, 6.45) is 3.82. The normalized spacial score (nSPS) is 11.1. The van der Waals surface area contributed by atoms with Gasteiger partial charge in [-0.3, -0.25) is 9.48 Å². The Hall–Kier alpha value is -2.83. The predicted molar refractivity (Wildman–Crippen MR) is 89.1 cm³/mol. The molecule has 0 saturated heterocycles. The van der Waals surface area contributed by atoms with Crippen LogP contribution in [0, 0.1) is 0 Å². The highest BCUT2D eigenvalue weighted by Crippen LogP contribution is 2.17. The molecular formula is C17H21N3O4. The minimum absolute atomic E-state index is 0.140. The van der Waals surface area contributed by atoms with Gasteiger partial charge in [0.1, 0.15) is 5.75 Å². The van der Waals surface area contributed by atoms with E-state index in [0.717, 1.165) is 6.42 Å². The summed E-state index contributed by atoms with van der Waals surface area (Å²) in [5.74, 6) is -0.741. The van der Waals surface area contributed by atoms with Crippen molar-refractivity contribution >= 4 is 17.6 Å². The summed E-state index contributed by atoms with van der Waals surface area (Å²) in [6.45, 7) is 4.97. The lowest BCUT2D eigenvalue weighted by atomic mass is 10.1. The molecule has 1 aromatic carbocycles. The summed E-state index contributed by atoms with van der Waals surface area (Å²) in [4.78, 5) is 23.1. The van der Waals surface area contributed by atoms with Gasteiger partial charge in [0.05, 0.1) is 11.9 Å². The maximum Gasteiger partial charge on any atom is 0.331 e. The van der Waals surface area contributed by atoms with Gasteiger partial charge in [0.25, 0.3) is 5.91 Å². The van der Waals surface area contributed by atoms with Crippen LogP contribution in [-0.4, -0.2) is 33.4 Å². The van der Waals surface area contributed by atoms with Crippen LogP contribution in [0.2, 0.25) is 0 Å². The van der Waals surface area contributed by atoms with Crippen molar-refractivity contribution in [3.8, 4) is 5.75 Å². The monoisotopic (exact) mass is 331 g/mol. The largest absolute Gasteiger partial charge is 0.484 e. The van der Waals surface area contributed by atoms with Crippen LogP contribution in [0.3, 0.4) is 0 Å². The first kappa shape index (κ1) is 17.5. The standard InChI is InChI=1S/C17H21N3O4/c1-4-12-5-7-14(8-6-12)24-11-15(21)19-13-9-18-20(10-13)17(2,3)16(22)23/h5-10H,4,11H2,1-3H3,(H,19,21)(H,22,23). The van der Waals surface area contributed by atoms with Gasteiger partial charge in [-0.1, -0.05) is 19.1 Å². The van der Waals surface area contributed by atoms with Crippen molar-refractivity contribution in [3.05, 3.63) is 42.2 Å². The molecule has 7 nitrogen and oxygen atoms in total. The van der Waals surface area contributed by atoms with Crippen LogP contribution in [0.5, 0.6) is 5.75 Å². The minimum Gasteiger partial charge on any atom is -0.484 e. The van der Waals surface area contributed by atoms with Crippen LogP contribution in [0.4, 0.5) is 5.69 Å². The van der Waals surface area contributed by atoms with Crippen LogP contribution in [0.15, 0.2) is 36.7 Å². The fourth-order valence-corrected chi connectivity index (χ4v) is 1.96. The third-order valence-corrected chi connectivity index (χ3v) is 3.66. The van der Waals surface area contributed by atoms with E-state index in [-0.39, 0.29) is 12.5 Å². The molecule has 0 bridgehead atoms. The zero-order valence-electron chi connectivity index (χ0n) is 13.9. The Bertz CT molecular complexity index is 720. The molecule has 0 saturated carbocycles. The van der Waals surface area contributed by atoms with E-state index in [9.17, 15) is 9.59 Å². The fraction of sp³-hybridized carbons (Fsp3) is 0.353. The van der Waals surface area contributed by atoms with Gasteiger partial charge in [0, 0.05) is 6.20 Å². The Labute approximate surface area is 140 Å². The Morgan fingerprint density at radius 2 is 1.96 bits per heavy atom. The van der Waals surface area contributed by atoms with E-state index in [2.05, 4.69) is 17.3 Å². The summed E-state index contributed by atoms with van der Waals surface area (Å²) >= 11 is 0. The maximum atomic E-state index is 11.9. The number of anilines is 1. The molecule has 0 unspecified atom stereocenters. The summed E-state index contributed by atoms with van der Waals surface area (Å²) in [6, 6.07) is 7.54. The van der Waals surface area contributed by atoms with Gasteiger partial charge in [-0.2, -0.15) is 5.10 Å². The van der Waals surface area contributed by atoms with E-state index in [1.807, 2.05) is 24.3 Å². The lowest BCUT2D eigenvalue weighted by molar-refractivity contribution is -0.146. The first-order valence-electron chi connectivity index (χ1n) is 7.63. The quantitative estimate of drug-likeness (QED) is 0.812. The van der Waals surface area contributed by atoms with Crippen molar-refractivity contribution in [1.29, 1.82) is 0 Å². The molecule has 0 fully saturated rings. The molecule has 24 heavy (non-hydrogen) atoms. The number of amides is 1. The second kappa shape index (κ2) is 7.16. The number of carbonyl (C=O) groups excluding carboxylic acids is 1. The summed E-state index contributed by atoms with van der Waals surface area (Å²) in [7, 11) is 0. The molecule has 128 valence electrons. The number of hydrogen-bond acceptors (Lipinski definition) is 4. The molecule has 1 aromatic heterocycles. The summed E-state index contributed by atoms with van der Waals surface area (Å²) < 4.78 is 6.71. The number of nitrogens with zero attached hydrogens (tertiary/aromatic N) is 2. The van der Waals surface area contributed by atoms with Gasteiger partial charge < -0.3 is 15.2 Å². The maximum absolute atomic E-state index is 11.9. The fourth-order valence-electron chi connectivity index (χ4n) is 1.96. The van der Waals surface area contributed by atoms with E-state index in [1.165, 1.54) is 36.5 Å². The Morgan fingerprint density at radius 1 is 1.29 bits per heavy atom. The van der Waals surface area contributed by atoms with E-state index >= 15 is 0 Å². The highest BCUT2D eigenvalue weighted by atomic mass is 16.5. The second-order valence-electron chi connectivity index (χ2n) is 5.87. The molecule has 2 aromatic rings. The average Bonchev–Trinajstić information content (AvgIpc) is 3.02. The van der Waals surface area contributed by atoms with Crippen LogP contribution in [0.1, 0.15) is 26.3 Å². The van der Waals surface area contributed by atoms with Crippen molar-refractivity contribution < 1.29 is 19.4 Å². The molecular weight excluding hydrogens is 310 g/mol. The van der Waals surface area contributed by atoms with E-state index in [0.29, 0.717) is 11.4 Å². The molecule has 2 N–H and O–H groups in total. The zero-order chi connectivity index (χ0) is 17.7. The number of aliphatic carboxylic acids is 1. The first-order chi connectivity index (χ1) is 11.3. The highest BCUT2D eigenvalue weighted by molar-refractivity contribution is 5.91. The van der Waals surface area contributed by atoms with Gasteiger partial charge in [-0.25, -0.2) is 4.79 Å². The number of hydrogen-bond donors (Lipinski definition) is 2. The Balaban J connectivity index is 1.90. The van der Waals surface area contributed by atoms with Crippen molar-refractivity contribution in [3.63, 3.8) is 0 Å². The highest BCUT2D eigenvalue weighted by Gasteiger charge is 2.30. The molecule has 1 amide bonds. The molecule has 1 heterocycles. The molecule has 0 aliphatic rings. The zero-order valence-corrected chi connectivity index (χ0v) is 13.9. The number of benzene rings is 1. The molecule has 0 aliphatic heterocycles. The molecule has 0 spiro atoms. The molecule has 0 aliphatic carbocycles. The van der Waals surface area contributed by atoms with Crippen molar-refractivity contribution in [1.82, 2.24) is 9.78 Å². The number of ether oxygens (including phenoxy) is 1. The van der Waals surface area contributed by atoms with Crippen LogP contribution >= 0.6 is 0 Å². The number of aromatic nitrogens is 2. The third-order valence-electron chi connectivity index (χ3n) is 3.66. The Kier molecular flexibility index (Phi) is 5.23. The number of nitrogens with one attached hydrogen (secondary N) is 1. The number of rotatable bonds is 7. The van der Waals surface area contributed by atoms with Gasteiger partial charge in [-0.05, 0) is 38.0 Å². The van der Waals surface area contributed by atoms with Gasteiger partial charge >= 0.3 is 5.97 Å². The smallest absolute Gasteiger partial charge is 0.331 e. The Morgan fingerprint density at radius 3 is 2.54 bits per heavy atom. The molecule has 0 atom stereocenters. The lowest BCUT2D eigenvalue weighted by Crippen LogP contribution is -2.35. The predicted octanol–water partition coefficient (Wildman–Crippen LogP) is 2.28. The van der Waals surface area contributed by atoms with E-state index in [1.54, 1.807) is 0 Å². The summed E-state index contributed by atoms with van der Waals surface area (Å²) in [5.41, 5.74) is 0.417. The van der Waals surface area contributed by atoms with Crippen LogP contribution < -0.4 is 10.1 Å². The van der Waals surface area contributed by atoms with E-state index in [4.69, 9.17) is 9.84 Å². The van der Waals surface area contributed by atoms with Crippen molar-refractivity contribution in [2.45, 2.75) is 32.7 Å². The first-order valence-corrected chi connectivity index (χ1v) is 7.63. The number of carbonyl (C=O) groups is 2. The van der Waals surface area contributed by atoms with E-state index < -0.39 is 11.5 Å². The third kappa shape index (κ3) is 4.13. The number of carboxylic acids is 1.